The van der Waals surface area contributed by atoms with Gasteiger partial charge in [-0.3, -0.25) is 4.79 Å². The molecular formula is C23H21FN2O3S2. The van der Waals surface area contributed by atoms with E-state index in [0.29, 0.717) is 11.1 Å². The third-order valence-corrected chi connectivity index (χ3v) is 7.79. The molecule has 4 aromatic rings. The lowest BCUT2D eigenvalue weighted by Crippen LogP contribution is -2.32. The predicted octanol–water partition coefficient (Wildman–Crippen LogP) is 4.68. The number of aromatic amines is 1. The Balaban J connectivity index is 1.79. The number of H-pyrrole nitrogens is 1. The summed E-state index contributed by atoms with van der Waals surface area (Å²) >= 11 is 1.40. The maximum absolute atomic E-state index is 14.4. The molecule has 5 nitrogen and oxygen atoms in total. The molecule has 1 N–H and O–H groups in total. The van der Waals surface area contributed by atoms with Gasteiger partial charge in [-0.2, -0.15) is 4.31 Å². The van der Waals surface area contributed by atoms with Crippen LogP contribution in [0.4, 0.5) is 4.39 Å². The maximum atomic E-state index is 14.4. The van der Waals surface area contributed by atoms with Crippen molar-refractivity contribution in [3.8, 4) is 0 Å². The van der Waals surface area contributed by atoms with Gasteiger partial charge in [-0.15, -0.1) is 11.3 Å². The second-order valence-corrected chi connectivity index (χ2v) is 10.1. The van der Waals surface area contributed by atoms with E-state index in [9.17, 15) is 17.6 Å². The number of nitrogens with zero attached hydrogens (tertiary/aromatic N) is 1. The number of fused-ring (bicyclic) bond motifs is 1. The minimum absolute atomic E-state index is 0.0425. The summed E-state index contributed by atoms with van der Waals surface area (Å²) in [5, 5.41) is 2.67. The van der Waals surface area contributed by atoms with Crippen molar-refractivity contribution in [3.63, 3.8) is 0 Å². The van der Waals surface area contributed by atoms with Crippen LogP contribution in [0.25, 0.3) is 10.9 Å². The van der Waals surface area contributed by atoms with E-state index in [-0.39, 0.29) is 18.6 Å². The summed E-state index contributed by atoms with van der Waals surface area (Å²) < 4.78 is 42.2. The lowest BCUT2D eigenvalue weighted by Gasteiger charge is -2.22. The van der Waals surface area contributed by atoms with E-state index in [0.717, 1.165) is 32.6 Å². The predicted molar refractivity (Wildman–Crippen MR) is 121 cm³/mol. The van der Waals surface area contributed by atoms with Gasteiger partial charge in [0.2, 0.25) is 10.0 Å². The summed E-state index contributed by atoms with van der Waals surface area (Å²) in [4.78, 5) is 15.9. The van der Waals surface area contributed by atoms with Gasteiger partial charge in [0, 0.05) is 29.0 Å². The van der Waals surface area contributed by atoms with Crippen LogP contribution in [-0.4, -0.2) is 17.7 Å². The number of sulfonamides is 1. The minimum Gasteiger partial charge on any atom is -0.322 e. The Morgan fingerprint density at radius 3 is 2.55 bits per heavy atom. The number of aromatic nitrogens is 1. The molecule has 31 heavy (non-hydrogen) atoms. The van der Waals surface area contributed by atoms with Crippen LogP contribution in [0, 0.1) is 5.82 Å². The molecule has 0 saturated heterocycles. The molecule has 2 aromatic carbocycles. The molecule has 2 aromatic heterocycles. The molecule has 0 unspecified atom stereocenters. The molecule has 0 aliphatic rings. The zero-order valence-electron chi connectivity index (χ0n) is 16.8. The lowest BCUT2D eigenvalue weighted by molar-refractivity contribution is 0.399. The molecule has 0 saturated carbocycles. The van der Waals surface area contributed by atoms with Crippen LogP contribution in [0.2, 0.25) is 0 Å². The average molecular weight is 457 g/mol. The highest BCUT2D eigenvalue weighted by molar-refractivity contribution is 7.89. The second-order valence-electron chi connectivity index (χ2n) is 7.18. The van der Waals surface area contributed by atoms with Gasteiger partial charge in [0.1, 0.15) is 10.7 Å². The van der Waals surface area contributed by atoms with Gasteiger partial charge in [-0.05, 0) is 59.1 Å². The highest BCUT2D eigenvalue weighted by atomic mass is 32.2. The van der Waals surface area contributed by atoms with Crippen LogP contribution in [0.5, 0.6) is 0 Å². The summed E-state index contributed by atoms with van der Waals surface area (Å²) in [6.45, 7) is 1.91. The number of thiophene rings is 1. The molecule has 160 valence electrons. The van der Waals surface area contributed by atoms with Gasteiger partial charge in [0.05, 0.1) is 0 Å². The molecule has 0 fully saturated rings. The zero-order chi connectivity index (χ0) is 22.0. The van der Waals surface area contributed by atoms with E-state index in [1.54, 1.807) is 6.07 Å². The Kier molecular flexibility index (Phi) is 6.04. The average Bonchev–Trinajstić information content (AvgIpc) is 3.27. The fourth-order valence-electron chi connectivity index (χ4n) is 3.42. The maximum Gasteiger partial charge on any atom is 0.252 e. The first kappa shape index (κ1) is 21.4. The molecule has 8 heteroatoms. The van der Waals surface area contributed by atoms with E-state index in [1.807, 2.05) is 42.6 Å². The molecule has 0 aliphatic carbocycles. The van der Waals surface area contributed by atoms with E-state index in [4.69, 9.17) is 0 Å². The Labute approximate surface area is 183 Å². The van der Waals surface area contributed by atoms with Crippen LogP contribution < -0.4 is 5.56 Å². The Bertz CT molecular complexity index is 1380. The first-order valence-electron chi connectivity index (χ1n) is 9.80. The van der Waals surface area contributed by atoms with Crippen molar-refractivity contribution in [3.05, 3.63) is 98.2 Å². The minimum atomic E-state index is -4.18. The van der Waals surface area contributed by atoms with Gasteiger partial charge in [0.25, 0.3) is 5.56 Å². The van der Waals surface area contributed by atoms with Crippen LogP contribution in [0.3, 0.4) is 0 Å². The number of hydrogen-bond donors (Lipinski definition) is 1. The van der Waals surface area contributed by atoms with Gasteiger partial charge in [-0.1, -0.05) is 31.2 Å². The highest BCUT2D eigenvalue weighted by Gasteiger charge is 2.28. The first-order chi connectivity index (χ1) is 14.9. The highest BCUT2D eigenvalue weighted by Crippen LogP contribution is 2.25. The number of nitrogens with one attached hydrogen (secondary N) is 1. The van der Waals surface area contributed by atoms with Crippen LogP contribution >= 0.6 is 11.3 Å². The molecule has 0 amide bonds. The van der Waals surface area contributed by atoms with Crippen molar-refractivity contribution in [1.82, 2.24) is 9.29 Å². The summed E-state index contributed by atoms with van der Waals surface area (Å²) in [7, 11) is -4.18. The first-order valence-corrected chi connectivity index (χ1v) is 12.1. The fraction of sp³-hybridized carbons (Fsp3) is 0.174. The second kappa shape index (κ2) is 8.74. The van der Waals surface area contributed by atoms with Crippen molar-refractivity contribution < 1.29 is 12.8 Å². The molecule has 2 heterocycles. The van der Waals surface area contributed by atoms with E-state index in [2.05, 4.69) is 4.98 Å². The third kappa shape index (κ3) is 4.46. The Hall–Kier alpha value is -2.81. The summed E-state index contributed by atoms with van der Waals surface area (Å²) in [6, 6.07) is 16.4. The molecular weight excluding hydrogens is 435 g/mol. The summed E-state index contributed by atoms with van der Waals surface area (Å²) in [5.41, 5.74) is 1.74. The van der Waals surface area contributed by atoms with Crippen molar-refractivity contribution in [2.45, 2.75) is 31.3 Å². The number of halogens is 1. The SMILES string of the molecule is CCc1ccc2[nH]c(=O)c(CN(Cc3cccs3)S(=O)(=O)c3ccccc3F)cc2c1. The quantitative estimate of drug-likeness (QED) is 0.439. The van der Waals surface area contributed by atoms with Crippen LogP contribution in [-0.2, 0) is 29.5 Å². The Morgan fingerprint density at radius 1 is 1.03 bits per heavy atom. The van der Waals surface area contributed by atoms with Gasteiger partial charge < -0.3 is 4.98 Å². The number of hydrogen-bond acceptors (Lipinski definition) is 4. The largest absolute Gasteiger partial charge is 0.322 e. The number of pyridine rings is 1. The van der Waals surface area contributed by atoms with E-state index < -0.39 is 20.7 Å². The van der Waals surface area contributed by atoms with Crippen molar-refractivity contribution in [1.29, 1.82) is 0 Å². The lowest BCUT2D eigenvalue weighted by atomic mass is 10.1. The Morgan fingerprint density at radius 2 is 1.84 bits per heavy atom. The third-order valence-electron chi connectivity index (χ3n) is 5.11. The van der Waals surface area contributed by atoms with Crippen LogP contribution in [0.15, 0.2) is 75.7 Å². The van der Waals surface area contributed by atoms with Crippen LogP contribution in [0.1, 0.15) is 22.9 Å². The monoisotopic (exact) mass is 456 g/mol. The van der Waals surface area contributed by atoms with Gasteiger partial charge >= 0.3 is 0 Å². The number of aryl methyl sites for hydroxylation is 1. The van der Waals surface area contributed by atoms with Gasteiger partial charge in [-0.25, -0.2) is 12.8 Å². The summed E-state index contributed by atoms with van der Waals surface area (Å²) in [6.07, 6.45) is 0.844. The van der Waals surface area contributed by atoms with Crippen molar-refractivity contribution in [2.24, 2.45) is 0 Å². The topological polar surface area (TPSA) is 70.2 Å². The molecule has 4 rings (SSSR count). The standard InChI is InChI=1S/C23H21FN2O3S2/c1-2-16-9-10-21-17(12-16)13-18(23(27)25-21)14-26(15-19-6-5-11-30-19)31(28,29)22-8-4-3-7-20(22)24/h3-13H,2,14-15H2,1H3,(H,25,27). The molecule has 0 bridgehead atoms. The van der Waals surface area contributed by atoms with Crippen molar-refractivity contribution in [2.75, 3.05) is 0 Å². The van der Waals surface area contributed by atoms with E-state index in [1.165, 1.54) is 29.5 Å². The van der Waals surface area contributed by atoms with Crippen molar-refractivity contribution >= 4 is 32.3 Å². The molecule has 0 spiro atoms. The normalized spacial score (nSPS) is 12.0. The summed E-state index contributed by atoms with van der Waals surface area (Å²) in [5.74, 6) is -0.821. The number of rotatable bonds is 7. The van der Waals surface area contributed by atoms with E-state index >= 15 is 0 Å². The fourth-order valence-corrected chi connectivity index (χ4v) is 5.69. The van der Waals surface area contributed by atoms with Gasteiger partial charge in [0.15, 0.2) is 0 Å². The molecule has 0 atom stereocenters. The number of benzene rings is 2. The molecule has 0 aliphatic heterocycles. The molecule has 0 radical (unpaired) electrons. The zero-order valence-corrected chi connectivity index (χ0v) is 18.5. The smallest absolute Gasteiger partial charge is 0.252 e.